The molecule has 2 aromatic carbocycles. The van der Waals surface area contributed by atoms with E-state index in [0.717, 1.165) is 18.7 Å². The molecule has 0 radical (unpaired) electrons. The van der Waals surface area contributed by atoms with E-state index in [1.807, 2.05) is 29.2 Å². The lowest BCUT2D eigenvalue weighted by Gasteiger charge is -2.38. The second-order valence-electron chi connectivity index (χ2n) is 9.15. The number of nitrogens with zero attached hydrogens (tertiary/aromatic N) is 4. The first-order valence-electron chi connectivity index (χ1n) is 12.0. The van der Waals surface area contributed by atoms with Crippen molar-refractivity contribution in [2.24, 2.45) is 11.8 Å². The fourth-order valence-corrected chi connectivity index (χ4v) is 5.07. The largest absolute Gasteiger partial charge is 0.370 e. The van der Waals surface area contributed by atoms with E-state index in [9.17, 15) is 14.4 Å². The van der Waals surface area contributed by atoms with Crippen LogP contribution in [-0.4, -0.2) is 48.8 Å². The van der Waals surface area contributed by atoms with E-state index >= 15 is 0 Å². The number of rotatable bonds is 3. The van der Waals surface area contributed by atoms with Crippen molar-refractivity contribution >= 4 is 29.1 Å². The fourth-order valence-electron chi connectivity index (χ4n) is 5.07. The average molecular weight is 470 g/mol. The zero-order valence-corrected chi connectivity index (χ0v) is 19.4. The van der Waals surface area contributed by atoms with E-state index in [1.165, 1.54) is 5.01 Å². The maximum atomic E-state index is 13.4. The highest BCUT2D eigenvalue weighted by atomic mass is 16.2. The van der Waals surface area contributed by atoms with Gasteiger partial charge in [0, 0.05) is 37.4 Å². The Kier molecular flexibility index (Phi) is 6.23. The van der Waals surface area contributed by atoms with Gasteiger partial charge in [-0.25, -0.2) is 5.01 Å². The molecule has 3 amide bonds. The zero-order valence-electron chi connectivity index (χ0n) is 19.4. The first kappa shape index (κ1) is 22.7. The number of carbonyl (C=O) groups excluding carboxylic acids is 3. The van der Waals surface area contributed by atoms with Gasteiger partial charge >= 0.3 is 0 Å². The molecule has 0 spiro atoms. The first-order chi connectivity index (χ1) is 17.0. The summed E-state index contributed by atoms with van der Waals surface area (Å²) in [6.45, 7) is 2.71. The molecule has 0 saturated carbocycles. The van der Waals surface area contributed by atoms with Gasteiger partial charge in [-0.3, -0.25) is 19.8 Å². The van der Waals surface area contributed by atoms with Crippen molar-refractivity contribution in [2.45, 2.75) is 19.3 Å². The van der Waals surface area contributed by atoms with Gasteiger partial charge in [-0.1, -0.05) is 18.2 Å². The smallest absolute Gasteiger partial charge is 0.253 e. The number of amides is 3. The van der Waals surface area contributed by atoms with Crippen LogP contribution >= 0.6 is 0 Å². The van der Waals surface area contributed by atoms with Crippen molar-refractivity contribution in [1.29, 1.82) is 5.26 Å². The Morgan fingerprint density at radius 3 is 2.46 bits per heavy atom. The van der Waals surface area contributed by atoms with Gasteiger partial charge in [0.2, 0.25) is 11.8 Å². The maximum Gasteiger partial charge on any atom is 0.253 e. The van der Waals surface area contributed by atoms with Crippen molar-refractivity contribution in [1.82, 2.24) is 10.3 Å². The van der Waals surface area contributed by atoms with Crippen molar-refractivity contribution in [3.05, 3.63) is 71.8 Å². The number of benzene rings is 2. The van der Waals surface area contributed by atoms with Crippen molar-refractivity contribution in [2.75, 3.05) is 36.1 Å². The number of nitriles is 1. The van der Waals surface area contributed by atoms with Gasteiger partial charge < -0.3 is 9.80 Å². The topological polar surface area (TPSA) is 96.8 Å². The predicted octanol–water partition coefficient (Wildman–Crippen LogP) is 2.87. The molecule has 8 nitrogen and oxygen atoms in total. The summed E-state index contributed by atoms with van der Waals surface area (Å²) in [5, 5.41) is 10.3. The van der Waals surface area contributed by atoms with Crippen LogP contribution in [0.15, 0.2) is 60.7 Å². The Labute approximate surface area is 204 Å². The van der Waals surface area contributed by atoms with Crippen LogP contribution < -0.4 is 15.3 Å². The molecular formula is C27H27N5O3. The number of fused-ring (bicyclic) bond motifs is 1. The van der Waals surface area contributed by atoms with Crippen LogP contribution in [0.4, 0.5) is 11.4 Å². The Morgan fingerprint density at radius 1 is 0.914 bits per heavy atom. The summed E-state index contributed by atoms with van der Waals surface area (Å²) in [4.78, 5) is 43.1. The number of allylic oxidation sites excluding steroid dienone is 2. The average Bonchev–Trinajstić information content (AvgIpc) is 3.17. The summed E-state index contributed by atoms with van der Waals surface area (Å²) in [5.74, 6) is -1.10. The predicted molar refractivity (Wildman–Crippen MR) is 131 cm³/mol. The number of hydrazine groups is 1. The minimum absolute atomic E-state index is 0.0946. The standard InChI is InChI=1S/C27H27N5O3/c28-18-19-9-11-21(12-10-19)30-13-4-14-31(16-15-30)26(34)20-5-3-6-22(17-20)32-27(35)24-8-2-1-7-23(24)25(33)29-32/h1-3,5-6,9-12,17,23-24H,4,7-8,13-16H2,(H,29,33). The molecule has 2 aliphatic heterocycles. The fraction of sp³-hybridized carbons (Fsp3) is 0.333. The molecule has 2 fully saturated rings. The Bertz CT molecular complexity index is 1220. The van der Waals surface area contributed by atoms with E-state index in [0.29, 0.717) is 49.3 Å². The second kappa shape index (κ2) is 9.63. The lowest BCUT2D eigenvalue weighted by Crippen LogP contribution is -2.59. The van der Waals surface area contributed by atoms with Gasteiger partial charge in [-0.2, -0.15) is 5.26 Å². The third-order valence-corrected chi connectivity index (χ3v) is 7.02. The van der Waals surface area contributed by atoms with E-state index in [4.69, 9.17) is 5.26 Å². The van der Waals surface area contributed by atoms with E-state index < -0.39 is 0 Å². The molecular weight excluding hydrogens is 442 g/mol. The molecule has 1 N–H and O–H groups in total. The Hall–Kier alpha value is -4.12. The third-order valence-electron chi connectivity index (χ3n) is 7.02. The van der Waals surface area contributed by atoms with Crippen LogP contribution in [0.2, 0.25) is 0 Å². The minimum atomic E-state index is -0.369. The summed E-state index contributed by atoms with van der Waals surface area (Å²) in [6.07, 6.45) is 5.85. The number of hydrogen-bond acceptors (Lipinski definition) is 5. The summed E-state index contributed by atoms with van der Waals surface area (Å²) >= 11 is 0. The molecule has 0 bridgehead atoms. The van der Waals surface area contributed by atoms with Crippen LogP contribution in [0, 0.1) is 23.2 Å². The summed E-state index contributed by atoms with van der Waals surface area (Å²) < 4.78 is 0. The Morgan fingerprint density at radius 2 is 1.69 bits per heavy atom. The van der Waals surface area contributed by atoms with Crippen LogP contribution in [0.3, 0.4) is 0 Å². The highest BCUT2D eigenvalue weighted by Gasteiger charge is 2.42. The molecule has 3 aliphatic rings. The van der Waals surface area contributed by atoms with Crippen molar-refractivity contribution < 1.29 is 14.4 Å². The molecule has 35 heavy (non-hydrogen) atoms. The van der Waals surface area contributed by atoms with Crippen LogP contribution in [0.5, 0.6) is 0 Å². The summed E-state index contributed by atoms with van der Waals surface area (Å²) in [6, 6.07) is 16.5. The molecule has 2 heterocycles. The quantitative estimate of drug-likeness (QED) is 0.698. The van der Waals surface area contributed by atoms with Crippen molar-refractivity contribution in [3.8, 4) is 6.07 Å². The van der Waals surface area contributed by atoms with E-state index in [2.05, 4.69) is 16.4 Å². The molecule has 2 unspecified atom stereocenters. The first-order valence-corrected chi connectivity index (χ1v) is 12.0. The summed E-state index contributed by atoms with van der Waals surface area (Å²) in [5.41, 5.74) is 5.37. The van der Waals surface area contributed by atoms with Gasteiger partial charge in [0.05, 0.1) is 29.2 Å². The molecule has 2 aromatic rings. The molecule has 2 saturated heterocycles. The number of nitrogens with one attached hydrogen (secondary N) is 1. The molecule has 178 valence electrons. The van der Waals surface area contributed by atoms with Gasteiger partial charge in [-0.15, -0.1) is 0 Å². The Balaban J connectivity index is 1.29. The summed E-state index contributed by atoms with van der Waals surface area (Å²) in [7, 11) is 0. The van der Waals surface area contributed by atoms with E-state index in [-0.39, 0.29) is 29.6 Å². The maximum absolute atomic E-state index is 13.4. The SMILES string of the molecule is N#Cc1ccc(N2CCCN(C(=O)c3cccc(N4NC(=O)C5CC=CCC5C4=O)c3)CC2)cc1. The van der Waals surface area contributed by atoms with Crippen molar-refractivity contribution in [3.63, 3.8) is 0 Å². The monoisotopic (exact) mass is 469 g/mol. The number of hydrogen-bond donors (Lipinski definition) is 1. The van der Waals surface area contributed by atoms with Crippen LogP contribution in [0.1, 0.15) is 35.2 Å². The normalized spacial score (nSPS) is 22.2. The molecule has 5 rings (SSSR count). The lowest BCUT2D eigenvalue weighted by molar-refractivity contribution is -0.139. The highest BCUT2D eigenvalue weighted by molar-refractivity contribution is 6.05. The van der Waals surface area contributed by atoms with Gasteiger partial charge in [0.15, 0.2) is 0 Å². The van der Waals surface area contributed by atoms with E-state index in [1.54, 1.807) is 36.4 Å². The van der Waals surface area contributed by atoms with Crippen LogP contribution in [0.25, 0.3) is 0 Å². The zero-order chi connectivity index (χ0) is 24.4. The molecule has 8 heteroatoms. The number of anilines is 2. The van der Waals surface area contributed by atoms with Crippen LogP contribution in [-0.2, 0) is 9.59 Å². The third kappa shape index (κ3) is 4.50. The van der Waals surface area contributed by atoms with Gasteiger partial charge in [-0.05, 0) is 61.7 Å². The molecule has 2 atom stereocenters. The molecule has 1 aliphatic carbocycles. The highest BCUT2D eigenvalue weighted by Crippen LogP contribution is 2.32. The second-order valence-corrected chi connectivity index (χ2v) is 9.15. The molecule has 0 aromatic heterocycles. The van der Waals surface area contributed by atoms with Gasteiger partial charge in [0.25, 0.3) is 5.91 Å². The lowest BCUT2D eigenvalue weighted by atomic mass is 9.80. The number of carbonyl (C=O) groups is 3. The van der Waals surface area contributed by atoms with Gasteiger partial charge in [0.1, 0.15) is 0 Å². The minimum Gasteiger partial charge on any atom is -0.370 e.